The number of hydrogen-bond donors (Lipinski definition) is 1. The van der Waals surface area contributed by atoms with Gasteiger partial charge in [0.05, 0.1) is 6.61 Å². The first-order valence-electron chi connectivity index (χ1n) is 6.29. The molecule has 7 nitrogen and oxygen atoms in total. The molecule has 0 aliphatic carbocycles. The third-order valence-corrected chi connectivity index (χ3v) is 3.04. The molecule has 0 radical (unpaired) electrons. The number of nitrogens with zero attached hydrogens (tertiary/aromatic N) is 3. The van der Waals surface area contributed by atoms with Gasteiger partial charge in [-0.3, -0.25) is 14.3 Å². The van der Waals surface area contributed by atoms with Crippen LogP contribution in [-0.2, 0) is 17.8 Å². The van der Waals surface area contributed by atoms with Crippen LogP contribution in [0.5, 0.6) is 0 Å². The second-order valence-corrected chi connectivity index (χ2v) is 4.39. The molecule has 0 atom stereocenters. The summed E-state index contributed by atoms with van der Waals surface area (Å²) < 4.78 is 8.32. The number of imidazole rings is 1. The van der Waals surface area contributed by atoms with Gasteiger partial charge < -0.3 is 9.30 Å². The lowest BCUT2D eigenvalue weighted by Gasteiger charge is -2.06. The van der Waals surface area contributed by atoms with Crippen molar-refractivity contribution in [3.63, 3.8) is 0 Å². The van der Waals surface area contributed by atoms with Gasteiger partial charge in [-0.25, -0.2) is 9.78 Å². The van der Waals surface area contributed by atoms with Gasteiger partial charge in [0.1, 0.15) is 5.82 Å². The number of aromatic nitrogens is 4. The fraction of sp³-hybridized carbons (Fsp3) is 0.583. The summed E-state index contributed by atoms with van der Waals surface area (Å²) in [5.41, 5.74) is 0.0756. The fourth-order valence-electron chi connectivity index (χ4n) is 2.17. The highest BCUT2D eigenvalue weighted by Crippen LogP contribution is 2.10. The molecular weight excluding hydrogens is 248 g/mol. The van der Waals surface area contributed by atoms with Crippen molar-refractivity contribution in [2.24, 2.45) is 0 Å². The van der Waals surface area contributed by atoms with E-state index in [1.807, 2.05) is 13.8 Å². The van der Waals surface area contributed by atoms with Crippen molar-refractivity contribution >= 4 is 11.2 Å². The van der Waals surface area contributed by atoms with Crippen molar-refractivity contribution in [1.29, 1.82) is 0 Å². The SMILES string of the molecule is CCCn1c(=O)[nH]c(=O)c2c1nc(C)n2CCOC. The molecule has 0 aromatic carbocycles. The summed E-state index contributed by atoms with van der Waals surface area (Å²) in [6.07, 6.45) is 0.797. The Hall–Kier alpha value is -1.89. The molecule has 1 N–H and O–H groups in total. The van der Waals surface area contributed by atoms with Gasteiger partial charge in [0.25, 0.3) is 5.56 Å². The van der Waals surface area contributed by atoms with E-state index in [1.165, 1.54) is 4.57 Å². The second kappa shape index (κ2) is 5.40. The highest BCUT2D eigenvalue weighted by Gasteiger charge is 2.15. The number of aromatic amines is 1. The predicted octanol–water partition coefficient (Wildman–Crippen LogP) is 0.251. The first-order chi connectivity index (χ1) is 9.10. The molecule has 0 bridgehead atoms. The molecule has 0 saturated carbocycles. The van der Waals surface area contributed by atoms with Crippen molar-refractivity contribution in [3.8, 4) is 0 Å². The number of ether oxygens (including phenoxy) is 1. The van der Waals surface area contributed by atoms with Gasteiger partial charge in [0.15, 0.2) is 11.2 Å². The zero-order valence-electron chi connectivity index (χ0n) is 11.4. The molecule has 0 aliphatic heterocycles. The summed E-state index contributed by atoms with van der Waals surface area (Å²) in [6.45, 7) is 5.34. The molecule has 0 aliphatic rings. The lowest BCUT2D eigenvalue weighted by Crippen LogP contribution is -2.31. The zero-order chi connectivity index (χ0) is 14.0. The van der Waals surface area contributed by atoms with Crippen LogP contribution in [0.25, 0.3) is 11.2 Å². The third kappa shape index (κ3) is 2.33. The summed E-state index contributed by atoms with van der Waals surface area (Å²) in [5, 5.41) is 0. The van der Waals surface area contributed by atoms with Gasteiger partial charge in [-0.15, -0.1) is 0 Å². The molecule has 0 spiro atoms. The molecule has 104 valence electrons. The molecule has 2 aromatic rings. The van der Waals surface area contributed by atoms with Crippen LogP contribution < -0.4 is 11.2 Å². The molecule has 0 unspecified atom stereocenters. The average Bonchev–Trinajstić information content (AvgIpc) is 2.69. The Balaban J connectivity index is 2.73. The van der Waals surface area contributed by atoms with Crippen LogP contribution in [-0.4, -0.2) is 32.8 Å². The summed E-state index contributed by atoms with van der Waals surface area (Å²) in [4.78, 5) is 30.5. The Morgan fingerprint density at radius 2 is 2.00 bits per heavy atom. The predicted molar refractivity (Wildman–Crippen MR) is 71.5 cm³/mol. The number of hydrogen-bond acceptors (Lipinski definition) is 4. The normalized spacial score (nSPS) is 11.3. The number of methoxy groups -OCH3 is 1. The Morgan fingerprint density at radius 1 is 1.26 bits per heavy atom. The fourth-order valence-corrected chi connectivity index (χ4v) is 2.17. The lowest BCUT2D eigenvalue weighted by atomic mass is 10.4. The van der Waals surface area contributed by atoms with E-state index >= 15 is 0 Å². The van der Waals surface area contributed by atoms with Gasteiger partial charge >= 0.3 is 5.69 Å². The summed E-state index contributed by atoms with van der Waals surface area (Å²) in [6, 6.07) is 0. The van der Waals surface area contributed by atoms with Crippen LogP contribution in [0.4, 0.5) is 0 Å². The first kappa shape index (κ1) is 13.5. The van der Waals surface area contributed by atoms with Crippen molar-refractivity contribution in [2.45, 2.75) is 33.4 Å². The van der Waals surface area contributed by atoms with Gasteiger partial charge in [-0.2, -0.15) is 0 Å². The van der Waals surface area contributed by atoms with Crippen molar-refractivity contribution in [1.82, 2.24) is 19.1 Å². The van der Waals surface area contributed by atoms with Crippen molar-refractivity contribution < 1.29 is 4.74 Å². The van der Waals surface area contributed by atoms with E-state index in [1.54, 1.807) is 11.7 Å². The topological polar surface area (TPSA) is 81.9 Å². The highest BCUT2D eigenvalue weighted by molar-refractivity contribution is 5.70. The molecular formula is C12H18N4O3. The summed E-state index contributed by atoms with van der Waals surface area (Å²) in [7, 11) is 1.60. The average molecular weight is 266 g/mol. The summed E-state index contributed by atoms with van der Waals surface area (Å²) in [5.74, 6) is 0.702. The van der Waals surface area contributed by atoms with Gasteiger partial charge in [-0.05, 0) is 13.3 Å². The van der Waals surface area contributed by atoms with Gasteiger partial charge in [0, 0.05) is 20.2 Å². The van der Waals surface area contributed by atoms with E-state index in [0.717, 1.165) is 6.42 Å². The van der Waals surface area contributed by atoms with Gasteiger partial charge in [-0.1, -0.05) is 6.92 Å². The third-order valence-electron chi connectivity index (χ3n) is 3.04. The number of rotatable bonds is 5. The van der Waals surface area contributed by atoms with E-state index in [9.17, 15) is 9.59 Å². The minimum Gasteiger partial charge on any atom is -0.383 e. The highest BCUT2D eigenvalue weighted by atomic mass is 16.5. The molecule has 0 fully saturated rings. The van der Waals surface area contributed by atoms with E-state index in [-0.39, 0.29) is 0 Å². The van der Waals surface area contributed by atoms with Crippen LogP contribution in [0, 0.1) is 6.92 Å². The number of fused-ring (bicyclic) bond motifs is 1. The van der Waals surface area contributed by atoms with Crippen LogP contribution in [0.3, 0.4) is 0 Å². The summed E-state index contributed by atoms with van der Waals surface area (Å²) >= 11 is 0. The second-order valence-electron chi connectivity index (χ2n) is 4.39. The Kier molecular flexibility index (Phi) is 3.84. The Bertz CT molecular complexity index is 695. The van der Waals surface area contributed by atoms with Gasteiger partial charge in [0.2, 0.25) is 0 Å². The Labute approximate surface area is 109 Å². The maximum Gasteiger partial charge on any atom is 0.330 e. The lowest BCUT2D eigenvalue weighted by molar-refractivity contribution is 0.187. The largest absolute Gasteiger partial charge is 0.383 e. The quantitative estimate of drug-likeness (QED) is 0.841. The molecule has 7 heteroatoms. The smallest absolute Gasteiger partial charge is 0.330 e. The van der Waals surface area contributed by atoms with Crippen LogP contribution in [0.15, 0.2) is 9.59 Å². The standard InChI is InChI=1S/C12H18N4O3/c1-4-5-16-10-9(11(17)14-12(16)18)15(6-7-19-3)8(2)13-10/h4-7H2,1-3H3,(H,14,17,18). The molecule has 19 heavy (non-hydrogen) atoms. The number of aryl methyl sites for hydroxylation is 2. The van der Waals surface area contributed by atoms with Crippen molar-refractivity contribution in [2.75, 3.05) is 13.7 Å². The van der Waals surface area contributed by atoms with E-state index in [0.29, 0.717) is 36.7 Å². The molecule has 0 saturated heterocycles. The molecule has 2 aromatic heterocycles. The zero-order valence-corrected chi connectivity index (χ0v) is 11.4. The van der Waals surface area contributed by atoms with E-state index < -0.39 is 11.2 Å². The maximum absolute atomic E-state index is 12.0. The first-order valence-corrected chi connectivity index (χ1v) is 6.29. The van der Waals surface area contributed by atoms with Crippen LogP contribution in [0.1, 0.15) is 19.2 Å². The monoisotopic (exact) mass is 266 g/mol. The van der Waals surface area contributed by atoms with Crippen molar-refractivity contribution in [3.05, 3.63) is 26.7 Å². The number of nitrogens with one attached hydrogen (secondary N) is 1. The molecule has 0 amide bonds. The van der Waals surface area contributed by atoms with E-state index in [4.69, 9.17) is 4.74 Å². The minimum atomic E-state index is -0.407. The van der Waals surface area contributed by atoms with Crippen LogP contribution in [0.2, 0.25) is 0 Å². The van der Waals surface area contributed by atoms with Crippen LogP contribution >= 0.6 is 0 Å². The Morgan fingerprint density at radius 3 is 2.63 bits per heavy atom. The minimum absolute atomic E-state index is 0.399. The maximum atomic E-state index is 12.0. The number of H-pyrrole nitrogens is 1. The molecule has 2 heterocycles. The van der Waals surface area contributed by atoms with E-state index in [2.05, 4.69) is 9.97 Å². The molecule has 2 rings (SSSR count).